The molecule has 3 nitrogen and oxygen atoms in total. The Labute approximate surface area is 86.5 Å². The maximum Gasteiger partial charge on any atom is 0.267 e. The average molecular weight is 298 g/mol. The third kappa shape index (κ3) is 1.93. The van der Waals surface area contributed by atoms with Crippen LogP contribution in [0.25, 0.3) is 0 Å². The van der Waals surface area contributed by atoms with Crippen LogP contribution >= 0.6 is 22.6 Å². The van der Waals surface area contributed by atoms with Gasteiger partial charge in [-0.05, 0) is 22.6 Å². The van der Waals surface area contributed by atoms with Crippen LogP contribution in [0.4, 0.5) is 14.5 Å². The molecule has 0 spiro atoms. The van der Waals surface area contributed by atoms with Gasteiger partial charge in [0.1, 0.15) is 3.70 Å². The molecule has 0 saturated heterocycles. The van der Waals surface area contributed by atoms with Crippen LogP contribution in [0.15, 0.2) is 6.20 Å². The third-order valence-corrected chi connectivity index (χ3v) is 2.35. The molecule has 1 rings (SSSR count). The van der Waals surface area contributed by atoms with E-state index in [4.69, 9.17) is 5.73 Å². The number of aldehydes is 1. The molecule has 0 amide bonds. The molecule has 1 heterocycles. The van der Waals surface area contributed by atoms with E-state index in [9.17, 15) is 13.6 Å². The Kier molecular flexibility index (Phi) is 3.12. The highest BCUT2D eigenvalue weighted by Crippen LogP contribution is 2.27. The van der Waals surface area contributed by atoms with Gasteiger partial charge in [0.25, 0.3) is 6.43 Å². The zero-order valence-electron chi connectivity index (χ0n) is 6.30. The van der Waals surface area contributed by atoms with E-state index in [0.717, 1.165) is 6.20 Å². The van der Waals surface area contributed by atoms with Crippen LogP contribution in [-0.2, 0) is 0 Å². The van der Waals surface area contributed by atoms with Crippen molar-refractivity contribution in [3.8, 4) is 0 Å². The Morgan fingerprint density at radius 2 is 2.23 bits per heavy atom. The van der Waals surface area contributed by atoms with Crippen molar-refractivity contribution in [1.82, 2.24) is 4.98 Å². The van der Waals surface area contributed by atoms with Gasteiger partial charge in [0.2, 0.25) is 0 Å². The van der Waals surface area contributed by atoms with Gasteiger partial charge in [-0.3, -0.25) is 4.79 Å². The molecule has 0 aliphatic carbocycles. The predicted octanol–water partition coefficient (Wildman–Crippen LogP) is 2.02. The van der Waals surface area contributed by atoms with E-state index in [-0.39, 0.29) is 11.3 Å². The van der Waals surface area contributed by atoms with Gasteiger partial charge in [0.05, 0.1) is 16.8 Å². The first-order valence-corrected chi connectivity index (χ1v) is 4.33. The molecule has 0 fully saturated rings. The highest BCUT2D eigenvalue weighted by molar-refractivity contribution is 14.1. The number of rotatable bonds is 2. The van der Waals surface area contributed by atoms with Crippen LogP contribution in [0.2, 0.25) is 0 Å². The van der Waals surface area contributed by atoms with Crippen molar-refractivity contribution in [2.45, 2.75) is 6.43 Å². The summed E-state index contributed by atoms with van der Waals surface area (Å²) in [7, 11) is 0. The summed E-state index contributed by atoms with van der Waals surface area (Å²) in [5, 5.41) is 0. The van der Waals surface area contributed by atoms with E-state index >= 15 is 0 Å². The molecular weight excluding hydrogens is 293 g/mol. The fraction of sp³-hybridized carbons (Fsp3) is 0.143. The van der Waals surface area contributed by atoms with Gasteiger partial charge in [0.15, 0.2) is 6.29 Å². The number of hydrogen-bond donors (Lipinski definition) is 1. The number of carbonyl (C=O) groups excluding carboxylic acids is 1. The second-order valence-electron chi connectivity index (χ2n) is 2.25. The van der Waals surface area contributed by atoms with Gasteiger partial charge in [-0.15, -0.1) is 0 Å². The van der Waals surface area contributed by atoms with Gasteiger partial charge in [0, 0.05) is 6.20 Å². The summed E-state index contributed by atoms with van der Waals surface area (Å²) in [6, 6.07) is 0. The lowest BCUT2D eigenvalue weighted by molar-refractivity contribution is 0.112. The number of anilines is 1. The molecule has 0 aromatic carbocycles. The van der Waals surface area contributed by atoms with Crippen molar-refractivity contribution in [2.24, 2.45) is 0 Å². The fourth-order valence-corrected chi connectivity index (χ4v) is 1.37. The minimum absolute atomic E-state index is 0.0263. The SMILES string of the molecule is Nc1c(C(F)F)cnc(I)c1C=O. The maximum absolute atomic E-state index is 12.2. The lowest BCUT2D eigenvalue weighted by Gasteiger charge is -2.06. The first-order valence-electron chi connectivity index (χ1n) is 3.25. The van der Waals surface area contributed by atoms with Crippen LogP contribution in [0.5, 0.6) is 0 Å². The Hall–Kier alpha value is -0.790. The smallest absolute Gasteiger partial charge is 0.267 e. The molecule has 0 aliphatic heterocycles. The van der Waals surface area contributed by atoms with Gasteiger partial charge < -0.3 is 5.73 Å². The summed E-state index contributed by atoms with van der Waals surface area (Å²) in [4.78, 5) is 14.1. The quantitative estimate of drug-likeness (QED) is 0.516. The number of nitrogens with two attached hydrogens (primary N) is 1. The minimum Gasteiger partial charge on any atom is -0.398 e. The molecule has 2 N–H and O–H groups in total. The molecular formula is C7H5F2IN2O. The molecule has 0 aliphatic rings. The highest BCUT2D eigenvalue weighted by Gasteiger charge is 2.16. The fourth-order valence-electron chi connectivity index (χ4n) is 0.818. The van der Waals surface area contributed by atoms with Crippen molar-refractivity contribution in [2.75, 3.05) is 5.73 Å². The highest BCUT2D eigenvalue weighted by atomic mass is 127. The zero-order chi connectivity index (χ0) is 10.0. The topological polar surface area (TPSA) is 56.0 Å². The number of hydrogen-bond acceptors (Lipinski definition) is 3. The number of halogens is 3. The van der Waals surface area contributed by atoms with Crippen LogP contribution in [-0.4, -0.2) is 11.3 Å². The summed E-state index contributed by atoms with van der Waals surface area (Å²) in [5.41, 5.74) is 4.78. The number of pyridine rings is 1. The summed E-state index contributed by atoms with van der Waals surface area (Å²) in [6.07, 6.45) is -1.30. The Morgan fingerprint density at radius 3 is 2.69 bits per heavy atom. The van der Waals surface area contributed by atoms with Gasteiger partial charge in [-0.2, -0.15) is 0 Å². The van der Waals surface area contributed by atoms with Gasteiger partial charge in [-0.1, -0.05) is 0 Å². The van der Waals surface area contributed by atoms with E-state index in [1.165, 1.54) is 0 Å². The number of nitrogens with zero attached hydrogens (tertiary/aromatic N) is 1. The first-order chi connectivity index (χ1) is 6.07. The first kappa shape index (κ1) is 10.3. The lowest BCUT2D eigenvalue weighted by atomic mass is 10.2. The van der Waals surface area contributed by atoms with Crippen LogP contribution in [0.1, 0.15) is 22.3 Å². The minimum atomic E-state index is -2.71. The Morgan fingerprint density at radius 1 is 1.62 bits per heavy atom. The van der Waals surface area contributed by atoms with E-state index < -0.39 is 12.0 Å². The lowest BCUT2D eigenvalue weighted by Crippen LogP contribution is -2.04. The average Bonchev–Trinajstić information content (AvgIpc) is 2.04. The number of carbonyl (C=O) groups is 1. The summed E-state index contributed by atoms with van der Waals surface area (Å²) in [5.74, 6) is 0. The largest absolute Gasteiger partial charge is 0.398 e. The molecule has 0 unspecified atom stereocenters. The monoisotopic (exact) mass is 298 g/mol. The zero-order valence-corrected chi connectivity index (χ0v) is 8.46. The molecule has 70 valence electrons. The maximum atomic E-state index is 12.2. The molecule has 6 heteroatoms. The van der Waals surface area contributed by atoms with Crippen LogP contribution in [0, 0.1) is 3.70 Å². The second-order valence-corrected chi connectivity index (χ2v) is 3.27. The van der Waals surface area contributed by atoms with E-state index in [2.05, 4.69) is 4.98 Å². The van der Waals surface area contributed by atoms with Crippen molar-refractivity contribution < 1.29 is 13.6 Å². The third-order valence-electron chi connectivity index (χ3n) is 1.49. The summed E-state index contributed by atoms with van der Waals surface area (Å²) in [6.45, 7) is 0. The normalized spacial score (nSPS) is 10.5. The molecule has 13 heavy (non-hydrogen) atoms. The van der Waals surface area contributed by atoms with Crippen molar-refractivity contribution in [3.05, 3.63) is 21.0 Å². The summed E-state index contributed by atoms with van der Waals surface area (Å²) >= 11 is 1.76. The molecule has 0 saturated carbocycles. The Bertz CT molecular complexity index is 344. The number of alkyl halides is 2. The molecule has 0 radical (unpaired) electrons. The van der Waals surface area contributed by atoms with Crippen molar-refractivity contribution >= 4 is 34.6 Å². The standard InChI is InChI=1S/C7H5F2IN2O/c8-6(9)3-1-12-7(10)4(2-13)5(3)11/h1-2,6H,(H2,11,12). The number of aromatic nitrogens is 1. The predicted molar refractivity (Wildman–Crippen MR) is 51.7 cm³/mol. The Balaban J connectivity index is 3.35. The second kappa shape index (κ2) is 3.95. The molecule has 1 aromatic rings. The van der Waals surface area contributed by atoms with Crippen LogP contribution in [0.3, 0.4) is 0 Å². The van der Waals surface area contributed by atoms with Crippen molar-refractivity contribution in [3.63, 3.8) is 0 Å². The molecule has 0 bridgehead atoms. The van der Waals surface area contributed by atoms with Gasteiger partial charge in [-0.25, -0.2) is 13.8 Å². The van der Waals surface area contributed by atoms with Crippen LogP contribution < -0.4 is 5.73 Å². The van der Waals surface area contributed by atoms with Gasteiger partial charge >= 0.3 is 0 Å². The van der Waals surface area contributed by atoms with E-state index in [1.807, 2.05) is 0 Å². The number of nitrogen functional groups attached to an aromatic ring is 1. The van der Waals surface area contributed by atoms with E-state index in [1.54, 1.807) is 22.6 Å². The van der Waals surface area contributed by atoms with E-state index in [0.29, 0.717) is 9.99 Å². The van der Waals surface area contributed by atoms with Crippen molar-refractivity contribution in [1.29, 1.82) is 0 Å². The summed E-state index contributed by atoms with van der Waals surface area (Å²) < 4.78 is 24.8. The molecule has 0 atom stereocenters. The molecule has 1 aromatic heterocycles.